The quantitative estimate of drug-likeness (QED) is 0.880. The van der Waals surface area contributed by atoms with Crippen LogP contribution in [0.25, 0.3) is 0 Å². The van der Waals surface area contributed by atoms with Gasteiger partial charge in [-0.15, -0.1) is 0 Å². The number of carbonyl (C=O) groups is 2. The van der Waals surface area contributed by atoms with E-state index >= 15 is 0 Å². The first-order valence-corrected chi connectivity index (χ1v) is 8.40. The van der Waals surface area contributed by atoms with E-state index in [0.29, 0.717) is 12.0 Å². The molecule has 23 heavy (non-hydrogen) atoms. The van der Waals surface area contributed by atoms with E-state index in [2.05, 4.69) is 5.32 Å². The third-order valence-electron chi connectivity index (χ3n) is 3.78. The van der Waals surface area contributed by atoms with E-state index in [1.165, 1.54) is 24.3 Å². The molecule has 0 aromatic heterocycles. The Morgan fingerprint density at radius 2 is 1.87 bits per heavy atom. The fourth-order valence-corrected chi connectivity index (χ4v) is 4.27. The highest BCUT2D eigenvalue weighted by molar-refractivity contribution is 7.91. The molecular formula is C16H13NO5S. The average Bonchev–Trinajstić information content (AvgIpc) is 2.61. The third kappa shape index (κ3) is 2.29. The summed E-state index contributed by atoms with van der Waals surface area (Å²) in [5.41, 5.74) is 0.403. The molecule has 6 nitrogen and oxygen atoms in total. The van der Waals surface area contributed by atoms with E-state index in [9.17, 15) is 23.1 Å². The van der Waals surface area contributed by atoms with E-state index in [-0.39, 0.29) is 26.6 Å². The molecule has 1 amide bonds. The molecule has 0 saturated heterocycles. The minimum absolute atomic E-state index is 0.0131. The second-order valence-corrected chi connectivity index (χ2v) is 7.00. The van der Waals surface area contributed by atoms with Crippen molar-refractivity contribution in [2.75, 3.05) is 5.32 Å². The number of hydrogen-bond acceptors (Lipinski definition) is 4. The van der Waals surface area contributed by atoms with Gasteiger partial charge in [-0.25, -0.2) is 13.2 Å². The zero-order valence-corrected chi connectivity index (χ0v) is 13.0. The van der Waals surface area contributed by atoms with Crippen molar-refractivity contribution in [2.24, 2.45) is 0 Å². The van der Waals surface area contributed by atoms with Gasteiger partial charge in [-0.1, -0.05) is 19.1 Å². The fraction of sp³-hybridized carbons (Fsp3) is 0.125. The van der Waals surface area contributed by atoms with Crippen molar-refractivity contribution < 1.29 is 23.1 Å². The van der Waals surface area contributed by atoms with E-state index < -0.39 is 21.7 Å². The number of carboxylic acid groups (broad SMARTS) is 1. The summed E-state index contributed by atoms with van der Waals surface area (Å²) < 4.78 is 25.7. The maximum atomic E-state index is 12.9. The normalized spacial score (nSPS) is 15.1. The van der Waals surface area contributed by atoms with Gasteiger partial charge in [0.2, 0.25) is 9.84 Å². The minimum atomic E-state index is -3.92. The number of aryl methyl sites for hydroxylation is 1. The van der Waals surface area contributed by atoms with Gasteiger partial charge in [0.05, 0.1) is 26.6 Å². The van der Waals surface area contributed by atoms with Gasteiger partial charge in [0, 0.05) is 0 Å². The van der Waals surface area contributed by atoms with Crippen LogP contribution in [0, 0.1) is 0 Å². The van der Waals surface area contributed by atoms with Crippen molar-refractivity contribution in [3.63, 3.8) is 0 Å². The highest BCUT2D eigenvalue weighted by Crippen LogP contribution is 2.35. The monoisotopic (exact) mass is 331 g/mol. The molecule has 2 aromatic carbocycles. The molecular weight excluding hydrogens is 318 g/mol. The highest BCUT2D eigenvalue weighted by Gasteiger charge is 2.32. The summed E-state index contributed by atoms with van der Waals surface area (Å²) in [4.78, 5) is 23.5. The smallest absolute Gasteiger partial charge is 0.336 e. The molecule has 0 saturated carbocycles. The largest absolute Gasteiger partial charge is 0.478 e. The first kappa shape index (κ1) is 15.2. The molecule has 0 unspecified atom stereocenters. The molecule has 118 valence electrons. The van der Waals surface area contributed by atoms with Gasteiger partial charge in [-0.2, -0.15) is 0 Å². The van der Waals surface area contributed by atoms with Crippen LogP contribution in [-0.4, -0.2) is 25.4 Å². The SMILES string of the molecule is CCc1cc2c(cc1C(=O)O)NC(=O)c1ccccc1S2(=O)=O. The molecule has 0 spiro atoms. The Morgan fingerprint density at radius 3 is 2.52 bits per heavy atom. The average molecular weight is 331 g/mol. The molecule has 1 heterocycles. The van der Waals surface area contributed by atoms with Crippen molar-refractivity contribution in [1.29, 1.82) is 0 Å². The number of sulfone groups is 1. The number of rotatable bonds is 2. The minimum Gasteiger partial charge on any atom is -0.478 e. The van der Waals surface area contributed by atoms with Crippen LogP contribution in [0.4, 0.5) is 5.69 Å². The number of fused-ring (bicyclic) bond motifs is 2. The van der Waals surface area contributed by atoms with E-state index in [1.807, 2.05) is 0 Å². The highest BCUT2D eigenvalue weighted by atomic mass is 32.2. The van der Waals surface area contributed by atoms with Crippen molar-refractivity contribution in [2.45, 2.75) is 23.1 Å². The Bertz CT molecular complexity index is 947. The zero-order valence-electron chi connectivity index (χ0n) is 12.2. The van der Waals surface area contributed by atoms with Crippen LogP contribution in [0.15, 0.2) is 46.2 Å². The number of nitrogens with one attached hydrogen (secondary N) is 1. The van der Waals surface area contributed by atoms with Crippen molar-refractivity contribution in [3.05, 3.63) is 53.1 Å². The molecule has 0 aliphatic carbocycles. The van der Waals surface area contributed by atoms with Crippen molar-refractivity contribution in [1.82, 2.24) is 0 Å². The topological polar surface area (TPSA) is 101 Å². The summed E-state index contributed by atoms with van der Waals surface area (Å²) >= 11 is 0. The third-order valence-corrected chi connectivity index (χ3v) is 5.63. The molecule has 0 fully saturated rings. The zero-order chi connectivity index (χ0) is 16.8. The number of carbonyl (C=O) groups excluding carboxylic acids is 1. The molecule has 0 radical (unpaired) electrons. The van der Waals surface area contributed by atoms with E-state index in [1.54, 1.807) is 19.1 Å². The number of aromatic carboxylic acids is 1. The van der Waals surface area contributed by atoms with Crippen LogP contribution < -0.4 is 5.32 Å². The second kappa shape index (κ2) is 5.20. The lowest BCUT2D eigenvalue weighted by Gasteiger charge is -2.12. The Morgan fingerprint density at radius 1 is 1.17 bits per heavy atom. The molecule has 1 aliphatic rings. The predicted octanol–water partition coefficient (Wildman–Crippen LogP) is 2.35. The first-order chi connectivity index (χ1) is 10.9. The van der Waals surface area contributed by atoms with E-state index in [0.717, 1.165) is 0 Å². The molecule has 3 rings (SSSR count). The summed E-state index contributed by atoms with van der Waals surface area (Å²) in [6.07, 6.45) is 0.361. The standard InChI is InChI=1S/C16H13NO5S/c1-2-9-7-14-12(8-11(9)16(19)20)17-15(18)10-5-3-4-6-13(10)23(14,21)22/h3-8H,2H2,1H3,(H,17,18)(H,19,20). The lowest BCUT2D eigenvalue weighted by Crippen LogP contribution is -2.12. The number of carboxylic acids is 1. The predicted molar refractivity (Wildman–Crippen MR) is 82.6 cm³/mol. The number of benzene rings is 2. The van der Waals surface area contributed by atoms with Gasteiger partial charge in [0.15, 0.2) is 0 Å². The summed E-state index contributed by atoms with van der Waals surface area (Å²) in [6, 6.07) is 8.45. The maximum absolute atomic E-state index is 12.9. The number of hydrogen-bond donors (Lipinski definition) is 2. The van der Waals surface area contributed by atoms with Crippen LogP contribution in [0.1, 0.15) is 33.2 Å². The summed E-state index contributed by atoms with van der Waals surface area (Å²) in [5.74, 6) is -1.75. The van der Waals surface area contributed by atoms with Gasteiger partial charge < -0.3 is 10.4 Å². The summed E-state index contributed by atoms with van der Waals surface area (Å²) in [7, 11) is -3.92. The molecule has 0 atom stereocenters. The van der Waals surface area contributed by atoms with Gasteiger partial charge in [-0.05, 0) is 36.2 Å². The molecule has 7 heteroatoms. The summed E-state index contributed by atoms with van der Waals surface area (Å²) in [6.45, 7) is 1.74. The molecule has 1 aliphatic heterocycles. The molecule has 0 bridgehead atoms. The fourth-order valence-electron chi connectivity index (χ4n) is 2.63. The van der Waals surface area contributed by atoms with Gasteiger partial charge >= 0.3 is 5.97 Å². The maximum Gasteiger partial charge on any atom is 0.336 e. The molecule has 2 aromatic rings. The van der Waals surface area contributed by atoms with Gasteiger partial charge in [0.1, 0.15) is 0 Å². The number of anilines is 1. The molecule has 2 N–H and O–H groups in total. The van der Waals surface area contributed by atoms with Crippen LogP contribution in [-0.2, 0) is 16.3 Å². The van der Waals surface area contributed by atoms with Gasteiger partial charge in [-0.3, -0.25) is 4.79 Å². The van der Waals surface area contributed by atoms with E-state index in [4.69, 9.17) is 0 Å². The van der Waals surface area contributed by atoms with Crippen molar-refractivity contribution in [3.8, 4) is 0 Å². The van der Waals surface area contributed by atoms with Gasteiger partial charge in [0.25, 0.3) is 5.91 Å². The lowest BCUT2D eigenvalue weighted by molar-refractivity contribution is 0.0695. The lowest BCUT2D eigenvalue weighted by atomic mass is 10.0. The Kier molecular flexibility index (Phi) is 3.45. The Labute approximate surface area is 132 Å². The summed E-state index contributed by atoms with van der Waals surface area (Å²) in [5, 5.41) is 11.8. The Hall–Kier alpha value is -2.67. The van der Waals surface area contributed by atoms with Crippen molar-refractivity contribution >= 4 is 27.4 Å². The van der Waals surface area contributed by atoms with Crippen LogP contribution >= 0.6 is 0 Å². The Balaban J connectivity index is 2.38. The van der Waals surface area contributed by atoms with Crippen LogP contribution in [0.2, 0.25) is 0 Å². The van der Waals surface area contributed by atoms with Crippen LogP contribution in [0.5, 0.6) is 0 Å². The number of amides is 1. The second-order valence-electron chi connectivity index (χ2n) is 5.12. The first-order valence-electron chi connectivity index (χ1n) is 6.92. The van der Waals surface area contributed by atoms with Crippen LogP contribution in [0.3, 0.4) is 0 Å².